The molecular weight excluding hydrogens is 200 g/mol. The molecule has 4 nitrogen and oxygen atoms in total. The Morgan fingerprint density at radius 2 is 2.25 bits per heavy atom. The summed E-state index contributed by atoms with van der Waals surface area (Å²) in [6, 6.07) is 0.644. The molecular formula is C12H18N4. The van der Waals surface area contributed by atoms with Gasteiger partial charge in [0.2, 0.25) is 0 Å². The summed E-state index contributed by atoms with van der Waals surface area (Å²) in [7, 11) is 0. The van der Waals surface area contributed by atoms with Gasteiger partial charge in [0.05, 0.1) is 17.6 Å². The lowest BCUT2D eigenvalue weighted by Crippen LogP contribution is -2.64. The predicted octanol–water partition coefficient (Wildman–Crippen LogP) is 0.892. The van der Waals surface area contributed by atoms with E-state index in [0.29, 0.717) is 6.04 Å². The van der Waals surface area contributed by atoms with E-state index in [-0.39, 0.29) is 0 Å². The topological polar surface area (TPSA) is 41.1 Å². The van der Waals surface area contributed by atoms with E-state index in [0.717, 1.165) is 36.2 Å². The summed E-state index contributed by atoms with van der Waals surface area (Å²) in [5.74, 6) is 1.91. The first-order chi connectivity index (χ1) is 7.75. The van der Waals surface area contributed by atoms with Gasteiger partial charge in [-0.2, -0.15) is 0 Å². The molecule has 2 fully saturated rings. The van der Waals surface area contributed by atoms with Crippen LogP contribution in [-0.2, 0) is 0 Å². The Morgan fingerprint density at radius 3 is 3.00 bits per heavy atom. The fourth-order valence-electron chi connectivity index (χ4n) is 2.66. The molecule has 16 heavy (non-hydrogen) atoms. The Kier molecular flexibility index (Phi) is 2.32. The maximum Gasteiger partial charge on any atom is 0.147 e. The van der Waals surface area contributed by atoms with E-state index in [2.05, 4.69) is 20.2 Å². The number of anilines is 1. The van der Waals surface area contributed by atoms with Crippen LogP contribution in [0.3, 0.4) is 0 Å². The lowest BCUT2D eigenvalue weighted by atomic mass is 9.83. The van der Waals surface area contributed by atoms with E-state index in [1.54, 1.807) is 0 Å². The van der Waals surface area contributed by atoms with Gasteiger partial charge in [0.15, 0.2) is 0 Å². The average Bonchev–Trinajstić information content (AvgIpc) is 2.25. The van der Waals surface area contributed by atoms with Crippen molar-refractivity contribution < 1.29 is 0 Å². The van der Waals surface area contributed by atoms with Crippen LogP contribution >= 0.6 is 0 Å². The van der Waals surface area contributed by atoms with Crippen LogP contribution in [0.1, 0.15) is 17.8 Å². The minimum atomic E-state index is 0.644. The van der Waals surface area contributed by atoms with Crippen molar-refractivity contribution in [3.63, 3.8) is 0 Å². The molecule has 2 unspecified atom stereocenters. The Labute approximate surface area is 96.1 Å². The molecule has 0 spiro atoms. The zero-order valence-electron chi connectivity index (χ0n) is 9.90. The molecule has 2 aliphatic heterocycles. The number of piperidine rings is 1. The highest BCUT2D eigenvalue weighted by Crippen LogP contribution is 2.33. The van der Waals surface area contributed by atoms with Crippen molar-refractivity contribution in [3.8, 4) is 0 Å². The first-order valence-corrected chi connectivity index (χ1v) is 6.03. The molecule has 2 aliphatic rings. The van der Waals surface area contributed by atoms with Gasteiger partial charge in [-0.05, 0) is 32.7 Å². The lowest BCUT2D eigenvalue weighted by molar-refractivity contribution is 0.227. The first-order valence-electron chi connectivity index (χ1n) is 6.03. The highest BCUT2D eigenvalue weighted by atomic mass is 15.3. The summed E-state index contributed by atoms with van der Waals surface area (Å²) in [5, 5.41) is 3.45. The number of nitrogens with zero attached hydrogens (tertiary/aromatic N) is 3. The monoisotopic (exact) mass is 218 g/mol. The van der Waals surface area contributed by atoms with Crippen LogP contribution in [0.15, 0.2) is 6.20 Å². The van der Waals surface area contributed by atoms with Gasteiger partial charge < -0.3 is 10.2 Å². The largest absolute Gasteiger partial charge is 0.350 e. The normalized spacial score (nSPS) is 28.5. The third-order valence-electron chi connectivity index (χ3n) is 3.89. The SMILES string of the molecule is Cc1ncc(N2CC3CCNCC32)nc1C. The van der Waals surface area contributed by atoms with Crippen LogP contribution in [0.5, 0.6) is 0 Å². The summed E-state index contributed by atoms with van der Waals surface area (Å²) in [6.07, 6.45) is 3.21. The van der Waals surface area contributed by atoms with Gasteiger partial charge in [-0.3, -0.25) is 4.98 Å². The zero-order chi connectivity index (χ0) is 11.1. The van der Waals surface area contributed by atoms with Crippen LogP contribution in [0.25, 0.3) is 0 Å². The molecule has 0 bridgehead atoms. The summed E-state index contributed by atoms with van der Waals surface area (Å²) in [5.41, 5.74) is 2.08. The number of fused-ring (bicyclic) bond motifs is 1. The van der Waals surface area contributed by atoms with E-state index in [1.807, 2.05) is 20.0 Å². The van der Waals surface area contributed by atoms with Gasteiger partial charge in [0.1, 0.15) is 5.82 Å². The second kappa shape index (κ2) is 3.70. The van der Waals surface area contributed by atoms with Gasteiger partial charge in [-0.15, -0.1) is 0 Å². The number of aromatic nitrogens is 2. The van der Waals surface area contributed by atoms with Gasteiger partial charge >= 0.3 is 0 Å². The summed E-state index contributed by atoms with van der Waals surface area (Å²) in [4.78, 5) is 11.4. The molecule has 3 heterocycles. The molecule has 0 saturated carbocycles. The molecule has 0 amide bonds. The Morgan fingerprint density at radius 1 is 1.38 bits per heavy atom. The van der Waals surface area contributed by atoms with E-state index in [4.69, 9.17) is 0 Å². The highest BCUT2D eigenvalue weighted by molar-refractivity contribution is 5.43. The summed E-state index contributed by atoms with van der Waals surface area (Å²) in [6.45, 7) is 7.46. The molecule has 1 aromatic heterocycles. The Hall–Kier alpha value is -1.16. The third kappa shape index (κ3) is 1.48. The third-order valence-corrected chi connectivity index (χ3v) is 3.89. The molecule has 2 saturated heterocycles. The maximum absolute atomic E-state index is 4.62. The van der Waals surface area contributed by atoms with Crippen molar-refractivity contribution in [1.82, 2.24) is 15.3 Å². The fourth-order valence-corrected chi connectivity index (χ4v) is 2.66. The zero-order valence-corrected chi connectivity index (χ0v) is 9.90. The Balaban J connectivity index is 1.80. The van der Waals surface area contributed by atoms with Crippen molar-refractivity contribution in [2.75, 3.05) is 24.5 Å². The summed E-state index contributed by atoms with van der Waals surface area (Å²) >= 11 is 0. The van der Waals surface area contributed by atoms with Gasteiger partial charge in [0.25, 0.3) is 0 Å². The van der Waals surface area contributed by atoms with Crippen molar-refractivity contribution >= 4 is 5.82 Å². The molecule has 0 aromatic carbocycles. The van der Waals surface area contributed by atoms with Crippen LogP contribution in [-0.4, -0.2) is 35.6 Å². The van der Waals surface area contributed by atoms with E-state index in [1.165, 1.54) is 13.0 Å². The van der Waals surface area contributed by atoms with Crippen LogP contribution in [0.4, 0.5) is 5.82 Å². The van der Waals surface area contributed by atoms with Crippen LogP contribution in [0, 0.1) is 19.8 Å². The van der Waals surface area contributed by atoms with Crippen molar-refractivity contribution in [3.05, 3.63) is 17.6 Å². The van der Waals surface area contributed by atoms with Crippen molar-refractivity contribution in [2.45, 2.75) is 26.3 Å². The number of aryl methyl sites for hydroxylation is 2. The average molecular weight is 218 g/mol. The maximum atomic E-state index is 4.62. The molecule has 2 atom stereocenters. The van der Waals surface area contributed by atoms with Gasteiger partial charge in [-0.25, -0.2) is 4.98 Å². The van der Waals surface area contributed by atoms with Crippen molar-refractivity contribution in [2.24, 2.45) is 5.92 Å². The Bertz CT molecular complexity index is 404. The molecule has 0 radical (unpaired) electrons. The van der Waals surface area contributed by atoms with Gasteiger partial charge in [0, 0.05) is 19.1 Å². The molecule has 1 aromatic rings. The van der Waals surface area contributed by atoms with E-state index >= 15 is 0 Å². The molecule has 1 N–H and O–H groups in total. The highest BCUT2D eigenvalue weighted by Gasteiger charge is 2.40. The standard InChI is InChI=1S/C12H18N4/c1-8-9(2)15-12(6-14-8)16-7-10-3-4-13-5-11(10)16/h6,10-11,13H,3-5,7H2,1-2H3. The smallest absolute Gasteiger partial charge is 0.147 e. The number of hydrogen-bond donors (Lipinski definition) is 1. The van der Waals surface area contributed by atoms with Gasteiger partial charge in [-0.1, -0.05) is 0 Å². The number of nitrogens with one attached hydrogen (secondary N) is 1. The minimum absolute atomic E-state index is 0.644. The van der Waals surface area contributed by atoms with Crippen molar-refractivity contribution in [1.29, 1.82) is 0 Å². The quantitative estimate of drug-likeness (QED) is 0.760. The van der Waals surface area contributed by atoms with E-state index < -0.39 is 0 Å². The predicted molar refractivity (Wildman–Crippen MR) is 63.6 cm³/mol. The van der Waals surface area contributed by atoms with E-state index in [9.17, 15) is 0 Å². The van der Waals surface area contributed by atoms with Crippen LogP contribution in [0.2, 0.25) is 0 Å². The first kappa shape index (κ1) is 10.0. The number of hydrogen-bond acceptors (Lipinski definition) is 4. The molecule has 0 aliphatic carbocycles. The molecule has 3 rings (SSSR count). The lowest BCUT2D eigenvalue weighted by Gasteiger charge is -2.51. The fraction of sp³-hybridized carbons (Fsp3) is 0.667. The summed E-state index contributed by atoms with van der Waals surface area (Å²) < 4.78 is 0. The number of rotatable bonds is 1. The second-order valence-corrected chi connectivity index (χ2v) is 4.87. The minimum Gasteiger partial charge on any atom is -0.350 e. The van der Waals surface area contributed by atoms with Crippen LogP contribution < -0.4 is 10.2 Å². The molecule has 86 valence electrons. The molecule has 4 heteroatoms. The second-order valence-electron chi connectivity index (χ2n) is 4.87.